The first-order valence-corrected chi connectivity index (χ1v) is 7.10. The second-order valence-corrected chi connectivity index (χ2v) is 5.95. The standard InChI is InChI=1S/C18H19ClO/c1-11-5-12(2)8-15(7-11)17(18(19)20)16-9-13(3)6-14(4)10-16/h5-10,17H,1-4H3. The maximum atomic E-state index is 12.0. The van der Waals surface area contributed by atoms with E-state index in [0.29, 0.717) is 0 Å². The molecule has 1 nitrogen and oxygen atoms in total. The topological polar surface area (TPSA) is 17.1 Å². The Morgan fingerprint density at radius 1 is 0.750 bits per heavy atom. The molecule has 2 aromatic carbocycles. The third-order valence-electron chi connectivity index (χ3n) is 3.38. The van der Waals surface area contributed by atoms with Crippen LogP contribution in [0.2, 0.25) is 0 Å². The van der Waals surface area contributed by atoms with Crippen LogP contribution in [0.25, 0.3) is 0 Å². The van der Waals surface area contributed by atoms with Crippen molar-refractivity contribution in [3.05, 3.63) is 69.8 Å². The molecule has 0 saturated carbocycles. The zero-order valence-electron chi connectivity index (χ0n) is 12.3. The van der Waals surface area contributed by atoms with Crippen molar-refractivity contribution in [2.75, 3.05) is 0 Å². The van der Waals surface area contributed by atoms with Crippen LogP contribution in [0.4, 0.5) is 0 Å². The van der Waals surface area contributed by atoms with Crippen LogP contribution in [0, 0.1) is 27.7 Å². The summed E-state index contributed by atoms with van der Waals surface area (Å²) >= 11 is 5.88. The molecule has 0 fully saturated rings. The van der Waals surface area contributed by atoms with Crippen molar-refractivity contribution in [2.24, 2.45) is 0 Å². The summed E-state index contributed by atoms with van der Waals surface area (Å²) in [5, 5.41) is -0.333. The third kappa shape index (κ3) is 3.29. The number of halogens is 1. The first kappa shape index (κ1) is 14.8. The zero-order valence-corrected chi connectivity index (χ0v) is 13.1. The SMILES string of the molecule is Cc1cc(C)cc(C(C(=O)Cl)c2cc(C)cc(C)c2)c1. The molecule has 0 amide bonds. The highest BCUT2D eigenvalue weighted by molar-refractivity contribution is 6.65. The molecule has 0 saturated heterocycles. The van der Waals surface area contributed by atoms with Crippen LogP contribution in [-0.4, -0.2) is 5.24 Å². The maximum absolute atomic E-state index is 12.0. The van der Waals surface area contributed by atoms with E-state index in [9.17, 15) is 4.79 Å². The second kappa shape index (κ2) is 5.80. The minimum absolute atomic E-state index is 0.333. The summed E-state index contributed by atoms with van der Waals surface area (Å²) in [6, 6.07) is 12.3. The van der Waals surface area contributed by atoms with Crippen molar-refractivity contribution in [1.29, 1.82) is 0 Å². The summed E-state index contributed by atoms with van der Waals surface area (Å²) < 4.78 is 0. The number of carbonyl (C=O) groups is 1. The van der Waals surface area contributed by atoms with E-state index >= 15 is 0 Å². The molecule has 20 heavy (non-hydrogen) atoms. The van der Waals surface area contributed by atoms with Gasteiger partial charge in [0.15, 0.2) is 0 Å². The van der Waals surface area contributed by atoms with Crippen LogP contribution in [0.3, 0.4) is 0 Å². The van der Waals surface area contributed by atoms with Gasteiger partial charge in [-0.15, -0.1) is 0 Å². The van der Waals surface area contributed by atoms with E-state index < -0.39 is 5.92 Å². The molecule has 0 N–H and O–H groups in total. The monoisotopic (exact) mass is 286 g/mol. The molecule has 0 heterocycles. The highest BCUT2D eigenvalue weighted by Gasteiger charge is 2.22. The molecular formula is C18H19ClO. The van der Waals surface area contributed by atoms with Crippen molar-refractivity contribution in [3.63, 3.8) is 0 Å². The first-order chi connectivity index (χ1) is 9.36. The molecule has 0 spiro atoms. The van der Waals surface area contributed by atoms with Crippen molar-refractivity contribution in [1.82, 2.24) is 0 Å². The van der Waals surface area contributed by atoms with E-state index in [1.165, 1.54) is 0 Å². The summed E-state index contributed by atoms with van der Waals surface area (Å²) in [7, 11) is 0. The fourth-order valence-electron chi connectivity index (χ4n) is 2.81. The van der Waals surface area contributed by atoms with Crippen LogP contribution < -0.4 is 0 Å². The van der Waals surface area contributed by atoms with Gasteiger partial charge in [0, 0.05) is 0 Å². The first-order valence-electron chi connectivity index (χ1n) is 6.72. The predicted octanol–water partition coefficient (Wildman–Crippen LogP) is 4.82. The summed E-state index contributed by atoms with van der Waals surface area (Å²) in [6.07, 6.45) is 0. The minimum atomic E-state index is -0.395. The maximum Gasteiger partial charge on any atom is 0.233 e. The van der Waals surface area contributed by atoms with Crippen molar-refractivity contribution in [3.8, 4) is 0 Å². The fraction of sp³-hybridized carbons (Fsp3) is 0.278. The lowest BCUT2D eigenvalue weighted by molar-refractivity contribution is -0.112. The van der Waals surface area contributed by atoms with Crippen molar-refractivity contribution < 1.29 is 4.79 Å². The number of hydrogen-bond acceptors (Lipinski definition) is 1. The lowest BCUT2D eigenvalue weighted by atomic mass is 9.88. The van der Waals surface area contributed by atoms with E-state index in [-0.39, 0.29) is 5.24 Å². The molecule has 2 heteroatoms. The van der Waals surface area contributed by atoms with Crippen molar-refractivity contribution in [2.45, 2.75) is 33.6 Å². The molecule has 0 bridgehead atoms. The van der Waals surface area contributed by atoms with E-state index in [2.05, 4.69) is 12.1 Å². The molecule has 2 rings (SSSR count). The molecular weight excluding hydrogens is 268 g/mol. The lowest BCUT2D eigenvalue weighted by Crippen LogP contribution is -2.10. The third-order valence-corrected chi connectivity index (χ3v) is 3.60. The van der Waals surface area contributed by atoms with E-state index in [4.69, 9.17) is 11.6 Å². The number of rotatable bonds is 3. The Balaban J connectivity index is 2.59. The van der Waals surface area contributed by atoms with Gasteiger partial charge in [-0.1, -0.05) is 58.7 Å². The summed E-state index contributed by atoms with van der Waals surface area (Å²) in [6.45, 7) is 8.14. The van der Waals surface area contributed by atoms with E-state index in [1.54, 1.807) is 0 Å². The Kier molecular flexibility index (Phi) is 4.29. The smallest absolute Gasteiger partial charge is 0.233 e. The highest BCUT2D eigenvalue weighted by Crippen LogP contribution is 2.30. The number of benzene rings is 2. The zero-order chi connectivity index (χ0) is 14.9. The van der Waals surface area contributed by atoms with Gasteiger partial charge in [-0.25, -0.2) is 0 Å². The summed E-state index contributed by atoms with van der Waals surface area (Å²) in [5.41, 5.74) is 6.51. The largest absolute Gasteiger partial charge is 0.280 e. The van der Waals surface area contributed by atoms with Crippen molar-refractivity contribution >= 4 is 16.8 Å². The van der Waals surface area contributed by atoms with Gasteiger partial charge in [0.05, 0.1) is 5.92 Å². The van der Waals surface area contributed by atoms with E-state index in [1.807, 2.05) is 52.0 Å². The second-order valence-electron chi connectivity index (χ2n) is 5.58. The molecule has 104 valence electrons. The van der Waals surface area contributed by atoms with Gasteiger partial charge in [-0.05, 0) is 50.4 Å². The van der Waals surface area contributed by atoms with Crippen LogP contribution in [0.5, 0.6) is 0 Å². The summed E-state index contributed by atoms with van der Waals surface area (Å²) in [4.78, 5) is 12.0. The molecule has 0 unspecified atom stereocenters. The quantitative estimate of drug-likeness (QED) is 0.740. The van der Waals surface area contributed by atoms with Gasteiger partial charge in [0.2, 0.25) is 5.24 Å². The molecule has 0 aromatic heterocycles. The Morgan fingerprint density at radius 3 is 1.30 bits per heavy atom. The molecule has 0 radical (unpaired) electrons. The van der Waals surface area contributed by atoms with Crippen LogP contribution >= 0.6 is 11.6 Å². The number of aryl methyl sites for hydroxylation is 4. The predicted molar refractivity (Wildman–Crippen MR) is 84.5 cm³/mol. The van der Waals surface area contributed by atoms with Crippen LogP contribution in [-0.2, 0) is 4.79 Å². The van der Waals surface area contributed by atoms with Gasteiger partial charge < -0.3 is 0 Å². The van der Waals surface area contributed by atoms with Crippen LogP contribution in [0.1, 0.15) is 39.3 Å². The average Bonchev–Trinajstić information content (AvgIpc) is 2.25. The molecule has 2 aromatic rings. The Labute approximate surface area is 125 Å². The normalized spacial score (nSPS) is 10.9. The molecule has 0 aliphatic heterocycles. The van der Waals surface area contributed by atoms with Gasteiger partial charge >= 0.3 is 0 Å². The van der Waals surface area contributed by atoms with Gasteiger partial charge in [0.1, 0.15) is 0 Å². The van der Waals surface area contributed by atoms with Gasteiger partial charge in [-0.3, -0.25) is 4.79 Å². The number of hydrogen-bond donors (Lipinski definition) is 0. The van der Waals surface area contributed by atoms with Gasteiger partial charge in [0.25, 0.3) is 0 Å². The minimum Gasteiger partial charge on any atom is -0.280 e. The Bertz CT molecular complexity index is 566. The fourth-order valence-corrected chi connectivity index (χ4v) is 3.06. The lowest BCUT2D eigenvalue weighted by Gasteiger charge is -2.16. The molecule has 0 aliphatic rings. The average molecular weight is 287 g/mol. The molecule has 0 atom stereocenters. The summed E-state index contributed by atoms with van der Waals surface area (Å²) in [5.74, 6) is -0.395. The Hall–Kier alpha value is -1.60. The van der Waals surface area contributed by atoms with Crippen LogP contribution in [0.15, 0.2) is 36.4 Å². The van der Waals surface area contributed by atoms with Gasteiger partial charge in [-0.2, -0.15) is 0 Å². The highest BCUT2D eigenvalue weighted by atomic mass is 35.5. The number of carbonyl (C=O) groups excluding carboxylic acids is 1. The Morgan fingerprint density at radius 2 is 1.05 bits per heavy atom. The molecule has 0 aliphatic carbocycles. The van der Waals surface area contributed by atoms with E-state index in [0.717, 1.165) is 33.4 Å².